The number of hydrogen-bond acceptors (Lipinski definition) is 4. The molecule has 0 fully saturated rings. The number of anilines is 1. The van der Waals surface area contributed by atoms with Gasteiger partial charge in [0, 0.05) is 23.4 Å². The van der Waals surface area contributed by atoms with E-state index in [0.29, 0.717) is 30.0 Å². The first kappa shape index (κ1) is 16.3. The van der Waals surface area contributed by atoms with Crippen LogP contribution in [0.15, 0.2) is 36.4 Å². The van der Waals surface area contributed by atoms with Crippen LogP contribution in [0, 0.1) is 6.92 Å². The van der Waals surface area contributed by atoms with Crippen LogP contribution < -0.4 is 14.4 Å². The third kappa shape index (κ3) is 2.83. The zero-order valence-corrected chi connectivity index (χ0v) is 14.1. The van der Waals surface area contributed by atoms with E-state index in [4.69, 9.17) is 9.47 Å². The normalized spacial score (nSPS) is 16.5. The highest BCUT2D eigenvalue weighted by molar-refractivity contribution is 6.07. The van der Waals surface area contributed by atoms with Crippen molar-refractivity contribution in [1.82, 2.24) is 0 Å². The molecule has 0 saturated carbocycles. The van der Waals surface area contributed by atoms with Crippen LogP contribution in [0.1, 0.15) is 34.0 Å². The van der Waals surface area contributed by atoms with Crippen LogP contribution in [-0.4, -0.2) is 31.8 Å². The summed E-state index contributed by atoms with van der Waals surface area (Å²) in [6, 6.07) is 10.9. The van der Waals surface area contributed by atoms with Gasteiger partial charge in [0.05, 0.1) is 20.3 Å². The lowest BCUT2D eigenvalue weighted by Gasteiger charge is -2.32. The van der Waals surface area contributed by atoms with Crippen LogP contribution in [0.25, 0.3) is 0 Å². The van der Waals surface area contributed by atoms with Crippen molar-refractivity contribution >= 4 is 11.6 Å². The highest BCUT2D eigenvalue weighted by Gasteiger charge is 2.28. The Hall–Kier alpha value is -2.53. The van der Waals surface area contributed by atoms with Gasteiger partial charge in [0.15, 0.2) is 11.5 Å². The van der Waals surface area contributed by atoms with E-state index in [1.807, 2.05) is 25.1 Å². The Balaban J connectivity index is 1.98. The lowest BCUT2D eigenvalue weighted by atomic mass is 9.96. The topological polar surface area (TPSA) is 59.0 Å². The molecule has 0 bridgehead atoms. The number of benzene rings is 2. The molecule has 0 saturated heterocycles. The van der Waals surface area contributed by atoms with Crippen molar-refractivity contribution in [1.29, 1.82) is 0 Å². The fourth-order valence-corrected chi connectivity index (χ4v) is 3.05. The van der Waals surface area contributed by atoms with E-state index in [1.54, 1.807) is 37.3 Å². The molecule has 1 atom stereocenters. The van der Waals surface area contributed by atoms with Gasteiger partial charge in [-0.1, -0.05) is 17.7 Å². The van der Waals surface area contributed by atoms with Gasteiger partial charge in [-0.05, 0) is 37.6 Å². The standard InChI is InChI=1S/C19H21NO4/c1-12-4-6-15-14(10-12)16(21)8-9-20(15)19(22)13-5-7-17(23-2)18(11-13)24-3/h4-7,10-11,16,21H,8-9H2,1-3H3. The zero-order valence-electron chi connectivity index (χ0n) is 14.1. The number of nitrogens with zero attached hydrogens (tertiary/aromatic N) is 1. The molecule has 1 amide bonds. The molecule has 5 nitrogen and oxygen atoms in total. The summed E-state index contributed by atoms with van der Waals surface area (Å²) in [6.07, 6.45) is -0.00971. The minimum Gasteiger partial charge on any atom is -0.493 e. The van der Waals surface area contributed by atoms with Crippen LogP contribution >= 0.6 is 0 Å². The average Bonchev–Trinajstić information content (AvgIpc) is 2.61. The van der Waals surface area contributed by atoms with Crippen LogP contribution in [0.4, 0.5) is 5.69 Å². The van der Waals surface area contributed by atoms with Gasteiger partial charge < -0.3 is 19.5 Å². The second kappa shape index (κ2) is 6.53. The number of methoxy groups -OCH3 is 2. The molecule has 0 spiro atoms. The summed E-state index contributed by atoms with van der Waals surface area (Å²) in [5.41, 5.74) is 3.15. The summed E-state index contributed by atoms with van der Waals surface area (Å²) in [5, 5.41) is 10.2. The number of ether oxygens (including phenoxy) is 2. The number of amides is 1. The van der Waals surface area contributed by atoms with Gasteiger partial charge in [0.1, 0.15) is 0 Å². The van der Waals surface area contributed by atoms with E-state index in [0.717, 1.165) is 16.8 Å². The maximum Gasteiger partial charge on any atom is 0.258 e. The van der Waals surface area contributed by atoms with E-state index in [-0.39, 0.29) is 5.91 Å². The molecule has 2 aromatic carbocycles. The Kier molecular flexibility index (Phi) is 4.44. The van der Waals surface area contributed by atoms with Crippen LogP contribution in [-0.2, 0) is 0 Å². The molecule has 0 aliphatic carbocycles. The van der Waals surface area contributed by atoms with Crippen LogP contribution in [0.2, 0.25) is 0 Å². The Bertz CT molecular complexity index is 772. The Morgan fingerprint density at radius 2 is 1.88 bits per heavy atom. The predicted molar refractivity (Wildman–Crippen MR) is 92.0 cm³/mol. The molecule has 126 valence electrons. The van der Waals surface area contributed by atoms with E-state index >= 15 is 0 Å². The summed E-state index contributed by atoms with van der Waals surface area (Å²) in [4.78, 5) is 14.7. The maximum atomic E-state index is 13.0. The molecule has 1 unspecified atom stereocenters. The fraction of sp³-hybridized carbons (Fsp3) is 0.316. The lowest BCUT2D eigenvalue weighted by Crippen LogP contribution is -2.36. The number of aliphatic hydroxyl groups is 1. The minimum absolute atomic E-state index is 0.118. The fourth-order valence-electron chi connectivity index (χ4n) is 3.05. The van der Waals surface area contributed by atoms with Gasteiger partial charge in [-0.3, -0.25) is 4.79 Å². The van der Waals surface area contributed by atoms with Gasteiger partial charge in [-0.15, -0.1) is 0 Å². The predicted octanol–water partition coefficient (Wildman–Crippen LogP) is 3.10. The number of rotatable bonds is 3. The van der Waals surface area contributed by atoms with E-state index < -0.39 is 6.10 Å². The summed E-state index contributed by atoms with van der Waals surface area (Å²) in [5.74, 6) is 0.983. The van der Waals surface area contributed by atoms with Crippen molar-refractivity contribution in [2.45, 2.75) is 19.4 Å². The van der Waals surface area contributed by atoms with Crippen molar-refractivity contribution < 1.29 is 19.4 Å². The highest BCUT2D eigenvalue weighted by atomic mass is 16.5. The monoisotopic (exact) mass is 327 g/mol. The first-order chi connectivity index (χ1) is 11.5. The third-order valence-electron chi connectivity index (χ3n) is 4.33. The molecule has 1 N–H and O–H groups in total. The van der Waals surface area contributed by atoms with Gasteiger partial charge >= 0.3 is 0 Å². The summed E-state index contributed by atoms with van der Waals surface area (Å²) >= 11 is 0. The molecule has 5 heteroatoms. The lowest BCUT2D eigenvalue weighted by molar-refractivity contribution is 0.0970. The van der Waals surface area contributed by atoms with Crippen molar-refractivity contribution in [3.8, 4) is 11.5 Å². The second-order valence-corrected chi connectivity index (χ2v) is 5.89. The van der Waals surface area contributed by atoms with Gasteiger partial charge in [-0.2, -0.15) is 0 Å². The number of carbonyl (C=O) groups is 1. The van der Waals surface area contributed by atoms with Crippen molar-refractivity contribution in [2.75, 3.05) is 25.7 Å². The van der Waals surface area contributed by atoms with E-state index in [9.17, 15) is 9.90 Å². The Labute approximate surface area is 141 Å². The number of carbonyl (C=O) groups excluding carboxylic acids is 1. The molecule has 1 aliphatic heterocycles. The molecule has 0 aromatic heterocycles. The molecular weight excluding hydrogens is 306 g/mol. The summed E-state index contributed by atoms with van der Waals surface area (Å²) in [6.45, 7) is 2.45. The molecule has 24 heavy (non-hydrogen) atoms. The molecule has 2 aromatic rings. The molecular formula is C19H21NO4. The molecule has 1 aliphatic rings. The number of aryl methyl sites for hydroxylation is 1. The van der Waals surface area contributed by atoms with Crippen molar-refractivity contribution in [3.63, 3.8) is 0 Å². The van der Waals surface area contributed by atoms with Crippen LogP contribution in [0.3, 0.4) is 0 Å². The minimum atomic E-state index is -0.533. The van der Waals surface area contributed by atoms with Crippen LogP contribution in [0.5, 0.6) is 11.5 Å². The molecule has 0 radical (unpaired) electrons. The number of aliphatic hydroxyl groups excluding tert-OH is 1. The quantitative estimate of drug-likeness (QED) is 0.941. The van der Waals surface area contributed by atoms with Crippen molar-refractivity contribution in [3.05, 3.63) is 53.1 Å². The smallest absolute Gasteiger partial charge is 0.258 e. The first-order valence-corrected chi connectivity index (χ1v) is 7.87. The summed E-state index contributed by atoms with van der Waals surface area (Å²) in [7, 11) is 3.10. The SMILES string of the molecule is COc1ccc(C(=O)N2CCC(O)c3cc(C)ccc32)cc1OC. The molecule has 3 rings (SSSR count). The molecule has 1 heterocycles. The Morgan fingerprint density at radius 1 is 1.12 bits per heavy atom. The van der Waals surface area contributed by atoms with E-state index in [2.05, 4.69) is 0 Å². The zero-order chi connectivity index (χ0) is 17.3. The highest BCUT2D eigenvalue weighted by Crippen LogP contribution is 2.36. The van der Waals surface area contributed by atoms with Gasteiger partial charge in [0.2, 0.25) is 0 Å². The van der Waals surface area contributed by atoms with Crippen molar-refractivity contribution in [2.24, 2.45) is 0 Å². The Morgan fingerprint density at radius 3 is 2.58 bits per heavy atom. The van der Waals surface area contributed by atoms with Gasteiger partial charge in [0.25, 0.3) is 5.91 Å². The second-order valence-electron chi connectivity index (χ2n) is 5.89. The first-order valence-electron chi connectivity index (χ1n) is 7.87. The van der Waals surface area contributed by atoms with Gasteiger partial charge in [-0.25, -0.2) is 0 Å². The number of hydrogen-bond donors (Lipinski definition) is 1. The maximum absolute atomic E-state index is 13.0. The largest absolute Gasteiger partial charge is 0.493 e. The third-order valence-corrected chi connectivity index (χ3v) is 4.33. The summed E-state index contributed by atoms with van der Waals surface area (Å²) < 4.78 is 10.5. The van der Waals surface area contributed by atoms with E-state index in [1.165, 1.54) is 0 Å². The number of fused-ring (bicyclic) bond motifs is 1. The average molecular weight is 327 g/mol.